The van der Waals surface area contributed by atoms with Gasteiger partial charge in [-0.05, 0) is 51.1 Å². The average Bonchev–Trinajstić information content (AvgIpc) is 2.95. The van der Waals surface area contributed by atoms with Crippen LogP contribution < -0.4 is 5.32 Å². The molecule has 2 heterocycles. The van der Waals surface area contributed by atoms with Gasteiger partial charge in [-0.2, -0.15) is 0 Å². The van der Waals surface area contributed by atoms with Crippen LogP contribution in [0.2, 0.25) is 0 Å². The molecule has 1 aromatic heterocycles. The van der Waals surface area contributed by atoms with E-state index in [4.69, 9.17) is 9.47 Å². The van der Waals surface area contributed by atoms with E-state index in [2.05, 4.69) is 5.32 Å². The average molecular weight is 356 g/mol. The summed E-state index contributed by atoms with van der Waals surface area (Å²) >= 11 is 0. The fraction of sp³-hybridized carbons (Fsp3) is 0.400. The Morgan fingerprint density at radius 3 is 2.50 bits per heavy atom. The normalized spacial score (nSPS) is 17.1. The number of amides is 1. The number of rotatable bonds is 5. The number of benzene rings is 1. The minimum absolute atomic E-state index is 0.0502. The van der Waals surface area contributed by atoms with Gasteiger partial charge in [-0.25, -0.2) is 0 Å². The summed E-state index contributed by atoms with van der Waals surface area (Å²) in [6, 6.07) is 9.24. The van der Waals surface area contributed by atoms with Gasteiger partial charge in [0.1, 0.15) is 0 Å². The van der Waals surface area contributed by atoms with Crippen molar-refractivity contribution >= 4 is 11.7 Å². The molecule has 1 aromatic carbocycles. The Morgan fingerprint density at radius 2 is 1.92 bits per heavy atom. The summed E-state index contributed by atoms with van der Waals surface area (Å²) in [6.45, 7) is 7.56. The number of aromatic nitrogens is 1. The first-order valence-corrected chi connectivity index (χ1v) is 8.75. The van der Waals surface area contributed by atoms with Gasteiger partial charge in [-0.15, -0.1) is 0 Å². The van der Waals surface area contributed by atoms with Crippen molar-refractivity contribution in [2.24, 2.45) is 0 Å². The number of nitrogens with one attached hydrogen (secondary N) is 1. The summed E-state index contributed by atoms with van der Waals surface area (Å²) in [5.41, 5.74) is 4.12. The first kappa shape index (κ1) is 18.4. The van der Waals surface area contributed by atoms with E-state index in [1.807, 2.05) is 36.6 Å². The lowest BCUT2D eigenvalue weighted by Gasteiger charge is -2.23. The van der Waals surface area contributed by atoms with Crippen LogP contribution in [0.5, 0.6) is 0 Å². The molecule has 26 heavy (non-hydrogen) atoms. The molecule has 1 fully saturated rings. The molecule has 1 N–H and O–H groups in total. The summed E-state index contributed by atoms with van der Waals surface area (Å²) in [6.07, 6.45) is -0.0952. The molecule has 1 aliphatic heterocycles. The number of hydrogen-bond acceptors (Lipinski definition) is 4. The van der Waals surface area contributed by atoms with Gasteiger partial charge in [0, 0.05) is 34.7 Å². The van der Waals surface area contributed by atoms with Gasteiger partial charge in [0.05, 0.1) is 25.9 Å². The first-order valence-electron chi connectivity index (χ1n) is 8.75. The zero-order chi connectivity index (χ0) is 18.7. The van der Waals surface area contributed by atoms with Crippen molar-refractivity contribution in [3.05, 3.63) is 52.8 Å². The largest absolute Gasteiger partial charge is 0.376 e. The van der Waals surface area contributed by atoms with Crippen LogP contribution in [0.25, 0.3) is 5.69 Å². The van der Waals surface area contributed by atoms with Crippen molar-refractivity contribution in [1.82, 2.24) is 9.88 Å². The first-order chi connectivity index (χ1) is 12.5. The second-order valence-corrected chi connectivity index (χ2v) is 6.50. The molecule has 6 heteroatoms. The second kappa shape index (κ2) is 7.85. The Balaban J connectivity index is 1.70. The van der Waals surface area contributed by atoms with Gasteiger partial charge in [-0.1, -0.05) is 0 Å². The standard InChI is InChI=1S/C20H24N2O4/c1-13-10-19(15(3)23)14(2)22(13)17-6-4-16(5-7-17)20(24)21-11-18-12-25-8-9-26-18/h4-7,10,18H,8-9,11-12H2,1-3H3,(H,21,24)/t18-/m1/s1. The lowest BCUT2D eigenvalue weighted by Crippen LogP contribution is -2.39. The van der Waals surface area contributed by atoms with E-state index >= 15 is 0 Å². The summed E-state index contributed by atoms with van der Waals surface area (Å²) < 4.78 is 12.9. The van der Waals surface area contributed by atoms with Gasteiger partial charge >= 0.3 is 0 Å². The number of carbonyl (C=O) groups is 2. The van der Waals surface area contributed by atoms with Crippen LogP contribution in [-0.4, -0.2) is 48.7 Å². The van der Waals surface area contributed by atoms with Gasteiger partial charge in [0.15, 0.2) is 5.78 Å². The highest BCUT2D eigenvalue weighted by atomic mass is 16.6. The molecule has 0 saturated carbocycles. The molecule has 1 saturated heterocycles. The highest BCUT2D eigenvalue weighted by Gasteiger charge is 2.17. The number of aryl methyl sites for hydroxylation is 1. The maximum Gasteiger partial charge on any atom is 0.251 e. The Labute approximate surface area is 153 Å². The van der Waals surface area contributed by atoms with Crippen molar-refractivity contribution in [2.45, 2.75) is 26.9 Å². The third-order valence-electron chi connectivity index (χ3n) is 4.57. The molecule has 1 atom stereocenters. The molecular weight excluding hydrogens is 332 g/mol. The van der Waals surface area contributed by atoms with Crippen molar-refractivity contribution in [3.8, 4) is 5.69 Å². The highest BCUT2D eigenvalue weighted by Crippen LogP contribution is 2.21. The van der Waals surface area contributed by atoms with E-state index in [0.717, 1.165) is 22.6 Å². The minimum atomic E-state index is -0.143. The number of ether oxygens (including phenoxy) is 2. The van der Waals surface area contributed by atoms with Crippen molar-refractivity contribution < 1.29 is 19.1 Å². The Hall–Kier alpha value is -2.44. The minimum Gasteiger partial charge on any atom is -0.376 e. The zero-order valence-electron chi connectivity index (χ0n) is 15.4. The number of nitrogens with zero attached hydrogens (tertiary/aromatic N) is 1. The van der Waals surface area contributed by atoms with Crippen LogP contribution in [0.1, 0.15) is 39.0 Å². The van der Waals surface area contributed by atoms with Gasteiger partial charge in [0.2, 0.25) is 0 Å². The van der Waals surface area contributed by atoms with Gasteiger partial charge in [-0.3, -0.25) is 9.59 Å². The van der Waals surface area contributed by atoms with Gasteiger partial charge in [0.25, 0.3) is 5.91 Å². The van der Waals surface area contributed by atoms with Crippen molar-refractivity contribution in [2.75, 3.05) is 26.4 Å². The molecule has 0 bridgehead atoms. The lowest BCUT2D eigenvalue weighted by atomic mass is 10.1. The smallest absolute Gasteiger partial charge is 0.251 e. The SMILES string of the molecule is CC(=O)c1cc(C)n(-c2ccc(C(=O)NC[C@@H]3COCCO3)cc2)c1C. The third kappa shape index (κ3) is 3.86. The second-order valence-electron chi connectivity index (χ2n) is 6.50. The van der Waals surface area contributed by atoms with E-state index < -0.39 is 0 Å². The van der Waals surface area contributed by atoms with E-state index in [1.54, 1.807) is 19.1 Å². The number of hydrogen-bond donors (Lipinski definition) is 1. The fourth-order valence-corrected chi connectivity index (χ4v) is 3.24. The van der Waals surface area contributed by atoms with Crippen LogP contribution >= 0.6 is 0 Å². The molecule has 0 spiro atoms. The third-order valence-corrected chi connectivity index (χ3v) is 4.57. The van der Waals surface area contributed by atoms with Crippen LogP contribution in [0.15, 0.2) is 30.3 Å². The number of Topliss-reactive ketones (excluding diaryl/α,β-unsaturated/α-hetero) is 1. The van der Waals surface area contributed by atoms with Crippen molar-refractivity contribution in [3.63, 3.8) is 0 Å². The zero-order valence-corrected chi connectivity index (χ0v) is 15.4. The monoisotopic (exact) mass is 356 g/mol. The molecule has 1 amide bonds. The molecule has 6 nitrogen and oxygen atoms in total. The molecule has 2 aromatic rings. The predicted molar refractivity (Wildman–Crippen MR) is 98.1 cm³/mol. The summed E-state index contributed by atoms with van der Waals surface area (Å²) in [4.78, 5) is 24.0. The highest BCUT2D eigenvalue weighted by molar-refractivity contribution is 5.96. The molecule has 138 valence electrons. The number of ketones is 1. The topological polar surface area (TPSA) is 69.6 Å². The summed E-state index contributed by atoms with van der Waals surface area (Å²) in [5, 5.41) is 2.87. The van der Waals surface area contributed by atoms with Crippen LogP contribution in [0.3, 0.4) is 0 Å². The molecular formula is C20H24N2O4. The Kier molecular flexibility index (Phi) is 5.54. The molecule has 1 aliphatic rings. The van der Waals surface area contributed by atoms with E-state index in [1.165, 1.54) is 0 Å². The Morgan fingerprint density at radius 1 is 1.19 bits per heavy atom. The summed E-state index contributed by atoms with van der Waals surface area (Å²) in [5.74, 6) is -0.0923. The molecule has 0 radical (unpaired) electrons. The molecule has 3 rings (SSSR count). The maximum atomic E-state index is 12.3. The predicted octanol–water partition coefficient (Wildman–Crippen LogP) is 2.44. The van der Waals surface area contributed by atoms with E-state index in [-0.39, 0.29) is 17.8 Å². The fourth-order valence-electron chi connectivity index (χ4n) is 3.24. The van der Waals surface area contributed by atoms with Crippen LogP contribution in [0, 0.1) is 13.8 Å². The van der Waals surface area contributed by atoms with Crippen LogP contribution in [0.4, 0.5) is 0 Å². The van der Waals surface area contributed by atoms with Gasteiger partial charge < -0.3 is 19.4 Å². The molecule has 0 aliphatic carbocycles. The Bertz CT molecular complexity index is 802. The van der Waals surface area contributed by atoms with E-state index in [0.29, 0.717) is 31.9 Å². The number of carbonyl (C=O) groups excluding carboxylic acids is 2. The quantitative estimate of drug-likeness (QED) is 0.836. The lowest BCUT2D eigenvalue weighted by molar-refractivity contribution is -0.0855. The summed E-state index contributed by atoms with van der Waals surface area (Å²) in [7, 11) is 0. The maximum absolute atomic E-state index is 12.3. The van der Waals surface area contributed by atoms with Crippen molar-refractivity contribution in [1.29, 1.82) is 0 Å². The molecule has 0 unspecified atom stereocenters. The van der Waals surface area contributed by atoms with E-state index in [9.17, 15) is 9.59 Å². The van der Waals surface area contributed by atoms with Crippen LogP contribution in [-0.2, 0) is 9.47 Å².